The van der Waals surface area contributed by atoms with Crippen molar-refractivity contribution >= 4 is 46.6 Å². The monoisotopic (exact) mass is 295 g/mol. The van der Waals surface area contributed by atoms with Crippen molar-refractivity contribution in [2.24, 2.45) is 0 Å². The summed E-state index contributed by atoms with van der Waals surface area (Å²) in [5.41, 5.74) is -0.350. The first-order valence-corrected chi connectivity index (χ1v) is 5.97. The molecule has 0 aromatic heterocycles. The number of ether oxygens (including phenoxy) is 1. The van der Waals surface area contributed by atoms with Gasteiger partial charge in [-0.15, -0.1) is 0 Å². The van der Waals surface area contributed by atoms with Gasteiger partial charge in [-0.25, -0.2) is 4.79 Å². The van der Waals surface area contributed by atoms with Gasteiger partial charge in [0.15, 0.2) is 0 Å². The molecule has 0 heterocycles. The minimum atomic E-state index is -0.636. The van der Waals surface area contributed by atoms with Crippen LogP contribution in [0, 0.1) is 0 Å². The molecule has 0 unspecified atom stereocenters. The summed E-state index contributed by atoms with van der Waals surface area (Å²) in [6, 6.07) is 3.09. The van der Waals surface area contributed by atoms with E-state index in [1.54, 1.807) is 32.9 Å². The second-order valence-corrected chi connectivity index (χ2v) is 5.54. The lowest BCUT2D eigenvalue weighted by Crippen LogP contribution is -2.27. The fourth-order valence-corrected chi connectivity index (χ4v) is 1.67. The number of anilines is 1. The number of rotatable bonds is 1. The van der Waals surface area contributed by atoms with Crippen molar-refractivity contribution in [3.63, 3.8) is 0 Å². The maximum absolute atomic E-state index is 11.6. The quantitative estimate of drug-likeness (QED) is 0.741. The molecule has 1 N–H and O–H groups in total. The van der Waals surface area contributed by atoms with E-state index < -0.39 is 11.7 Å². The van der Waals surface area contributed by atoms with Gasteiger partial charge in [0.2, 0.25) is 0 Å². The van der Waals surface area contributed by atoms with Crippen molar-refractivity contribution in [2.45, 2.75) is 26.4 Å². The Labute approximate surface area is 115 Å². The molecule has 0 aliphatic heterocycles. The fourth-order valence-electron chi connectivity index (χ4n) is 1.05. The Kier molecular flexibility index (Phi) is 4.53. The van der Waals surface area contributed by atoms with Crippen molar-refractivity contribution < 1.29 is 9.53 Å². The van der Waals surface area contributed by atoms with Gasteiger partial charge in [-0.05, 0) is 32.9 Å². The molecule has 1 aromatic carbocycles. The Morgan fingerprint density at radius 2 is 1.71 bits per heavy atom. The summed E-state index contributed by atoms with van der Waals surface area (Å²) in [6.07, 6.45) is -0.636. The average Bonchev–Trinajstić information content (AvgIpc) is 2.16. The third-order valence-corrected chi connectivity index (χ3v) is 2.79. The zero-order valence-corrected chi connectivity index (χ0v) is 11.9. The van der Waals surface area contributed by atoms with Crippen molar-refractivity contribution in [3.05, 3.63) is 27.2 Å². The molecule has 0 bridgehead atoms. The van der Waals surface area contributed by atoms with Crippen molar-refractivity contribution in [1.82, 2.24) is 0 Å². The molecule has 0 saturated carbocycles. The smallest absolute Gasteiger partial charge is 0.412 e. The summed E-state index contributed by atoms with van der Waals surface area (Å²) in [7, 11) is 0. The Bertz CT molecular complexity index is 441. The number of hydrogen-bond donors (Lipinski definition) is 1. The molecule has 0 spiro atoms. The first kappa shape index (κ1) is 14.4. The Balaban J connectivity index is 2.89. The Morgan fingerprint density at radius 3 is 2.24 bits per heavy atom. The van der Waals surface area contributed by atoms with Crippen LogP contribution in [0.2, 0.25) is 15.1 Å². The molecule has 0 aliphatic rings. The summed E-state index contributed by atoms with van der Waals surface area (Å²) < 4.78 is 5.08. The number of hydrogen-bond acceptors (Lipinski definition) is 2. The lowest BCUT2D eigenvalue weighted by Gasteiger charge is -2.20. The van der Waals surface area contributed by atoms with Gasteiger partial charge >= 0.3 is 6.09 Å². The third kappa shape index (κ3) is 4.26. The van der Waals surface area contributed by atoms with Crippen LogP contribution in [-0.4, -0.2) is 11.7 Å². The minimum Gasteiger partial charge on any atom is -0.444 e. The van der Waals surface area contributed by atoms with E-state index in [9.17, 15) is 4.79 Å². The zero-order valence-electron chi connectivity index (χ0n) is 9.61. The van der Waals surface area contributed by atoms with E-state index in [2.05, 4.69) is 5.32 Å². The molecule has 3 nitrogen and oxygen atoms in total. The standard InChI is InChI=1S/C11H12Cl3NO2/c1-11(2,3)17-10(16)15-9-7(13)5-4-6(12)8(9)14/h4-5H,1-3H3,(H,15,16). The summed E-state index contributed by atoms with van der Waals surface area (Å²) in [5, 5.41) is 3.26. The molecule has 0 fully saturated rings. The van der Waals surface area contributed by atoms with Crippen molar-refractivity contribution in [2.75, 3.05) is 5.32 Å². The number of nitrogens with one attached hydrogen (secondary N) is 1. The lowest BCUT2D eigenvalue weighted by molar-refractivity contribution is 0.0636. The molecule has 6 heteroatoms. The molecule has 1 amide bonds. The first-order chi connectivity index (χ1) is 7.70. The van der Waals surface area contributed by atoms with Crippen molar-refractivity contribution in [3.8, 4) is 0 Å². The molecule has 1 aromatic rings. The van der Waals surface area contributed by atoms with E-state index in [0.29, 0.717) is 10.0 Å². The van der Waals surface area contributed by atoms with Crippen LogP contribution in [0.25, 0.3) is 0 Å². The van der Waals surface area contributed by atoms with Gasteiger partial charge in [0.05, 0.1) is 20.8 Å². The first-order valence-electron chi connectivity index (χ1n) is 4.84. The largest absolute Gasteiger partial charge is 0.444 e. The number of carbonyl (C=O) groups is 1. The molecule has 17 heavy (non-hydrogen) atoms. The van der Waals surface area contributed by atoms with Gasteiger partial charge in [0, 0.05) is 0 Å². The number of halogens is 3. The van der Waals surface area contributed by atoms with Gasteiger partial charge < -0.3 is 4.74 Å². The highest BCUT2D eigenvalue weighted by molar-refractivity contribution is 6.46. The van der Waals surface area contributed by atoms with Gasteiger partial charge in [0.1, 0.15) is 5.60 Å². The summed E-state index contributed by atoms with van der Waals surface area (Å²) in [6.45, 7) is 5.27. The topological polar surface area (TPSA) is 38.3 Å². The van der Waals surface area contributed by atoms with Crippen LogP contribution in [-0.2, 0) is 4.74 Å². The number of amides is 1. The van der Waals surface area contributed by atoms with Crippen LogP contribution in [0.15, 0.2) is 12.1 Å². The third-order valence-electron chi connectivity index (χ3n) is 1.67. The van der Waals surface area contributed by atoms with Crippen LogP contribution in [0.4, 0.5) is 10.5 Å². The molecule has 0 atom stereocenters. The summed E-state index contributed by atoms with van der Waals surface area (Å²) in [4.78, 5) is 11.6. The molecule has 0 aliphatic carbocycles. The normalized spacial score (nSPS) is 11.2. The lowest BCUT2D eigenvalue weighted by atomic mass is 10.2. The summed E-state index contributed by atoms with van der Waals surface area (Å²) in [5.74, 6) is 0. The number of benzene rings is 1. The fraction of sp³-hybridized carbons (Fsp3) is 0.364. The van der Waals surface area contributed by atoms with E-state index in [-0.39, 0.29) is 10.7 Å². The van der Waals surface area contributed by atoms with Crippen LogP contribution in [0.5, 0.6) is 0 Å². The molecular weight excluding hydrogens is 284 g/mol. The molecular formula is C11H12Cl3NO2. The average molecular weight is 297 g/mol. The van der Waals surface area contributed by atoms with Gasteiger partial charge in [-0.1, -0.05) is 34.8 Å². The molecule has 94 valence electrons. The SMILES string of the molecule is CC(C)(C)OC(=O)Nc1c(Cl)ccc(Cl)c1Cl. The van der Waals surface area contributed by atoms with Gasteiger partial charge in [0.25, 0.3) is 0 Å². The highest BCUT2D eigenvalue weighted by Crippen LogP contribution is 2.36. The second-order valence-electron chi connectivity index (χ2n) is 4.35. The Morgan fingerprint density at radius 1 is 1.18 bits per heavy atom. The van der Waals surface area contributed by atoms with Gasteiger partial charge in [-0.2, -0.15) is 0 Å². The molecule has 0 saturated heterocycles. The van der Waals surface area contributed by atoms with E-state index >= 15 is 0 Å². The van der Waals surface area contributed by atoms with E-state index in [4.69, 9.17) is 39.5 Å². The maximum atomic E-state index is 11.6. The summed E-state index contributed by atoms with van der Waals surface area (Å²) >= 11 is 17.7. The predicted octanol–water partition coefficient (Wildman–Crippen LogP) is 4.99. The highest BCUT2D eigenvalue weighted by Gasteiger charge is 2.19. The van der Waals surface area contributed by atoms with Crippen LogP contribution < -0.4 is 5.32 Å². The number of carbonyl (C=O) groups excluding carboxylic acids is 1. The van der Waals surface area contributed by atoms with Crippen LogP contribution in [0.1, 0.15) is 20.8 Å². The van der Waals surface area contributed by atoms with Crippen molar-refractivity contribution in [1.29, 1.82) is 0 Å². The Hall–Kier alpha value is -0.640. The van der Waals surface area contributed by atoms with Gasteiger partial charge in [-0.3, -0.25) is 5.32 Å². The van der Waals surface area contributed by atoms with Crippen LogP contribution >= 0.6 is 34.8 Å². The second kappa shape index (κ2) is 5.34. The zero-order chi connectivity index (χ0) is 13.2. The molecule has 1 rings (SSSR count). The van der Waals surface area contributed by atoms with E-state index in [1.807, 2.05) is 0 Å². The van der Waals surface area contributed by atoms with E-state index in [1.165, 1.54) is 0 Å². The minimum absolute atomic E-state index is 0.185. The highest BCUT2D eigenvalue weighted by atomic mass is 35.5. The van der Waals surface area contributed by atoms with E-state index in [0.717, 1.165) is 0 Å². The predicted molar refractivity (Wildman–Crippen MR) is 71.3 cm³/mol. The maximum Gasteiger partial charge on any atom is 0.412 e. The van der Waals surface area contributed by atoms with Crippen LogP contribution in [0.3, 0.4) is 0 Å². The molecule has 0 radical (unpaired) electrons.